The molecule has 0 aromatic heterocycles. The molecule has 0 amide bonds. The highest BCUT2D eigenvalue weighted by molar-refractivity contribution is 5.62. The Kier molecular flexibility index (Phi) is 4.31. The Morgan fingerprint density at radius 3 is 2.47 bits per heavy atom. The van der Waals surface area contributed by atoms with Crippen LogP contribution in [0.1, 0.15) is 20.8 Å². The van der Waals surface area contributed by atoms with E-state index >= 15 is 0 Å². The van der Waals surface area contributed by atoms with Crippen LogP contribution in [0.3, 0.4) is 0 Å². The predicted octanol–water partition coefficient (Wildman–Crippen LogP) is 3.06. The molecule has 0 aliphatic rings. The summed E-state index contributed by atoms with van der Waals surface area (Å²) in [6.07, 6.45) is 0. The summed E-state index contributed by atoms with van der Waals surface area (Å²) in [5.41, 5.74) is 0.715. The van der Waals surface area contributed by atoms with Crippen molar-refractivity contribution in [3.8, 4) is 5.75 Å². The first-order valence-electron chi connectivity index (χ1n) is 5.54. The Hall–Kier alpha value is -1.78. The molecule has 0 aliphatic carbocycles. The summed E-state index contributed by atoms with van der Waals surface area (Å²) < 4.78 is 5.18. The molecule has 0 spiro atoms. The fourth-order valence-corrected chi connectivity index (χ4v) is 1.33. The van der Waals surface area contributed by atoms with Gasteiger partial charge in [0.15, 0.2) is 0 Å². The molecule has 17 heavy (non-hydrogen) atoms. The number of benzene rings is 1. The first-order chi connectivity index (χ1) is 7.95. The van der Waals surface area contributed by atoms with E-state index in [1.165, 1.54) is 12.1 Å². The molecule has 1 N–H and O–H groups in total. The lowest BCUT2D eigenvalue weighted by molar-refractivity contribution is -0.384. The van der Waals surface area contributed by atoms with Gasteiger partial charge in [-0.15, -0.1) is 0 Å². The van der Waals surface area contributed by atoms with Gasteiger partial charge in [-0.05, 0) is 18.9 Å². The lowest BCUT2D eigenvalue weighted by Gasteiger charge is -2.20. The summed E-state index contributed by atoms with van der Waals surface area (Å²) in [6.45, 7) is 6.20. The lowest BCUT2D eigenvalue weighted by atomic mass is 10.1. The molecule has 0 radical (unpaired) electrons. The van der Waals surface area contributed by atoms with Gasteiger partial charge in [-0.1, -0.05) is 13.8 Å². The molecule has 0 bridgehead atoms. The van der Waals surface area contributed by atoms with E-state index in [-0.39, 0.29) is 11.7 Å². The van der Waals surface area contributed by atoms with Crippen molar-refractivity contribution in [2.45, 2.75) is 26.8 Å². The standard InChI is InChI=1S/C12H18N2O3/c1-8(2)9(3)13-11-7-10(14(15)16)5-6-12(11)17-4/h5-9,13H,1-4H3. The molecule has 0 heterocycles. The number of rotatable bonds is 5. The summed E-state index contributed by atoms with van der Waals surface area (Å²) in [5, 5.41) is 13.9. The fraction of sp³-hybridized carbons (Fsp3) is 0.500. The SMILES string of the molecule is COc1ccc([N+](=O)[O-])cc1NC(C)C(C)C. The fourth-order valence-electron chi connectivity index (χ4n) is 1.33. The quantitative estimate of drug-likeness (QED) is 0.632. The van der Waals surface area contributed by atoms with E-state index in [9.17, 15) is 10.1 Å². The van der Waals surface area contributed by atoms with Crippen molar-refractivity contribution in [2.75, 3.05) is 12.4 Å². The van der Waals surface area contributed by atoms with Crippen LogP contribution in [0.15, 0.2) is 18.2 Å². The van der Waals surface area contributed by atoms with Gasteiger partial charge in [-0.25, -0.2) is 0 Å². The minimum Gasteiger partial charge on any atom is -0.495 e. The van der Waals surface area contributed by atoms with Crippen molar-refractivity contribution in [1.82, 2.24) is 0 Å². The number of anilines is 1. The highest BCUT2D eigenvalue weighted by Gasteiger charge is 2.14. The van der Waals surface area contributed by atoms with Crippen LogP contribution in [0.4, 0.5) is 11.4 Å². The molecule has 94 valence electrons. The maximum Gasteiger partial charge on any atom is 0.271 e. The summed E-state index contributed by atoms with van der Waals surface area (Å²) in [7, 11) is 1.55. The van der Waals surface area contributed by atoms with Crippen LogP contribution in [0.2, 0.25) is 0 Å². The van der Waals surface area contributed by atoms with Crippen LogP contribution in [-0.2, 0) is 0 Å². The molecule has 1 aromatic carbocycles. The molecule has 0 saturated heterocycles. The smallest absolute Gasteiger partial charge is 0.271 e. The Balaban J connectivity index is 3.02. The number of hydrogen-bond donors (Lipinski definition) is 1. The van der Waals surface area contributed by atoms with Crippen LogP contribution in [0, 0.1) is 16.0 Å². The molecule has 1 rings (SSSR count). The third-order valence-electron chi connectivity index (χ3n) is 2.78. The molecule has 0 aliphatic heterocycles. The van der Waals surface area contributed by atoms with E-state index in [2.05, 4.69) is 19.2 Å². The topological polar surface area (TPSA) is 64.4 Å². The maximum atomic E-state index is 10.7. The van der Waals surface area contributed by atoms with Crippen molar-refractivity contribution < 1.29 is 9.66 Å². The third kappa shape index (κ3) is 3.34. The van der Waals surface area contributed by atoms with Gasteiger partial charge in [0.05, 0.1) is 17.7 Å². The number of nitro benzene ring substituents is 1. The summed E-state index contributed by atoms with van der Waals surface area (Å²) >= 11 is 0. The second-order valence-corrected chi connectivity index (χ2v) is 4.32. The second kappa shape index (κ2) is 5.52. The maximum absolute atomic E-state index is 10.7. The summed E-state index contributed by atoms with van der Waals surface area (Å²) in [6, 6.07) is 4.75. The molecular weight excluding hydrogens is 220 g/mol. The number of ether oxygens (including phenoxy) is 1. The predicted molar refractivity (Wildman–Crippen MR) is 67.6 cm³/mol. The van der Waals surface area contributed by atoms with E-state index in [4.69, 9.17) is 4.74 Å². The molecule has 1 aromatic rings. The van der Waals surface area contributed by atoms with Crippen LogP contribution in [0.5, 0.6) is 5.75 Å². The lowest BCUT2D eigenvalue weighted by Crippen LogP contribution is -2.21. The van der Waals surface area contributed by atoms with Gasteiger partial charge in [0.25, 0.3) is 5.69 Å². The number of nitro groups is 1. The Bertz CT molecular complexity index is 405. The monoisotopic (exact) mass is 238 g/mol. The first kappa shape index (κ1) is 13.3. The number of hydrogen-bond acceptors (Lipinski definition) is 4. The number of nitrogens with one attached hydrogen (secondary N) is 1. The van der Waals surface area contributed by atoms with Gasteiger partial charge < -0.3 is 10.1 Å². The van der Waals surface area contributed by atoms with E-state index in [0.717, 1.165) is 0 Å². The van der Waals surface area contributed by atoms with Gasteiger partial charge >= 0.3 is 0 Å². The van der Waals surface area contributed by atoms with Crippen LogP contribution in [-0.4, -0.2) is 18.1 Å². The minimum atomic E-state index is -0.412. The van der Waals surface area contributed by atoms with Crippen LogP contribution < -0.4 is 10.1 Å². The summed E-state index contributed by atoms with van der Waals surface area (Å²) in [5.74, 6) is 1.04. The molecule has 0 saturated carbocycles. The zero-order valence-corrected chi connectivity index (χ0v) is 10.6. The normalized spacial score (nSPS) is 12.3. The van der Waals surface area contributed by atoms with Gasteiger partial charge in [0.2, 0.25) is 0 Å². The minimum absolute atomic E-state index is 0.0595. The van der Waals surface area contributed by atoms with Gasteiger partial charge in [0, 0.05) is 18.2 Å². The molecule has 5 heteroatoms. The largest absolute Gasteiger partial charge is 0.495 e. The average molecular weight is 238 g/mol. The zero-order valence-electron chi connectivity index (χ0n) is 10.6. The number of non-ortho nitro benzene ring substituents is 1. The highest BCUT2D eigenvalue weighted by atomic mass is 16.6. The van der Waals surface area contributed by atoms with E-state index in [1.54, 1.807) is 13.2 Å². The molecule has 0 fully saturated rings. The summed E-state index contributed by atoms with van der Waals surface area (Å²) in [4.78, 5) is 10.3. The molecular formula is C12H18N2O3. The van der Waals surface area contributed by atoms with Crippen molar-refractivity contribution in [2.24, 2.45) is 5.92 Å². The first-order valence-corrected chi connectivity index (χ1v) is 5.54. The highest BCUT2D eigenvalue weighted by Crippen LogP contribution is 2.30. The average Bonchev–Trinajstić information content (AvgIpc) is 2.28. The molecule has 5 nitrogen and oxygen atoms in total. The number of methoxy groups -OCH3 is 1. The van der Waals surface area contributed by atoms with E-state index in [0.29, 0.717) is 17.4 Å². The van der Waals surface area contributed by atoms with Crippen molar-refractivity contribution in [3.05, 3.63) is 28.3 Å². The second-order valence-electron chi connectivity index (χ2n) is 4.32. The van der Waals surface area contributed by atoms with Crippen LogP contribution in [0.25, 0.3) is 0 Å². The Morgan fingerprint density at radius 1 is 1.35 bits per heavy atom. The van der Waals surface area contributed by atoms with Crippen molar-refractivity contribution in [3.63, 3.8) is 0 Å². The van der Waals surface area contributed by atoms with E-state index in [1.807, 2.05) is 6.92 Å². The molecule has 1 atom stereocenters. The van der Waals surface area contributed by atoms with Crippen molar-refractivity contribution >= 4 is 11.4 Å². The van der Waals surface area contributed by atoms with Gasteiger partial charge in [-0.3, -0.25) is 10.1 Å². The number of nitrogens with zero attached hydrogens (tertiary/aromatic N) is 1. The molecule has 1 unspecified atom stereocenters. The Morgan fingerprint density at radius 2 is 2.00 bits per heavy atom. The van der Waals surface area contributed by atoms with Crippen LogP contribution >= 0.6 is 0 Å². The third-order valence-corrected chi connectivity index (χ3v) is 2.78. The van der Waals surface area contributed by atoms with Gasteiger partial charge in [-0.2, -0.15) is 0 Å². The van der Waals surface area contributed by atoms with Gasteiger partial charge in [0.1, 0.15) is 5.75 Å². The van der Waals surface area contributed by atoms with Crippen molar-refractivity contribution in [1.29, 1.82) is 0 Å². The van der Waals surface area contributed by atoms with E-state index < -0.39 is 4.92 Å². The zero-order chi connectivity index (χ0) is 13.0. The Labute approximate surface area is 101 Å².